The average molecular weight is 277 g/mol. The van der Waals surface area contributed by atoms with Crippen molar-refractivity contribution in [3.05, 3.63) is 0 Å². The number of carbonyl (C=O) groups is 1. The van der Waals surface area contributed by atoms with E-state index in [9.17, 15) is 9.90 Å². The zero-order chi connectivity index (χ0) is 14.2. The molecule has 0 aromatic carbocycles. The maximum absolute atomic E-state index is 12.3. The van der Waals surface area contributed by atoms with Gasteiger partial charge in [-0.15, -0.1) is 11.6 Å². The van der Waals surface area contributed by atoms with E-state index in [1.165, 1.54) is 0 Å². The van der Waals surface area contributed by atoms with E-state index < -0.39 is 11.0 Å². The van der Waals surface area contributed by atoms with Crippen LogP contribution in [0, 0.1) is 5.92 Å². The first-order chi connectivity index (χ1) is 8.37. The van der Waals surface area contributed by atoms with Crippen LogP contribution in [0.1, 0.15) is 72.6 Å². The predicted octanol–water partition coefficient (Wildman–Crippen LogP) is 4.32. The quantitative estimate of drug-likeness (QED) is 0.603. The number of hydrogen-bond donors (Lipinski definition) is 1. The summed E-state index contributed by atoms with van der Waals surface area (Å²) in [5.74, 6) is 0.206. The summed E-state index contributed by atoms with van der Waals surface area (Å²) >= 11 is 6.16. The molecule has 1 N–H and O–H groups in total. The van der Waals surface area contributed by atoms with Crippen LogP contribution in [-0.4, -0.2) is 21.9 Å². The molecule has 0 amide bonds. The van der Waals surface area contributed by atoms with E-state index >= 15 is 0 Å². The Bertz CT molecular complexity index is 231. The highest BCUT2D eigenvalue weighted by atomic mass is 35.5. The van der Waals surface area contributed by atoms with Crippen molar-refractivity contribution in [1.82, 2.24) is 0 Å². The van der Waals surface area contributed by atoms with Crippen molar-refractivity contribution in [2.75, 3.05) is 0 Å². The number of halogens is 1. The first-order valence-electron chi connectivity index (χ1n) is 7.28. The van der Waals surface area contributed by atoms with Crippen LogP contribution in [0.3, 0.4) is 0 Å². The lowest BCUT2D eigenvalue weighted by atomic mass is 9.84. The maximum atomic E-state index is 12.3. The van der Waals surface area contributed by atoms with Crippen LogP contribution in [0.4, 0.5) is 0 Å². The number of carbonyl (C=O) groups excluding carboxylic acids is 1. The topological polar surface area (TPSA) is 37.3 Å². The van der Waals surface area contributed by atoms with Gasteiger partial charge in [-0.2, -0.15) is 0 Å². The lowest BCUT2D eigenvalue weighted by molar-refractivity contribution is -0.139. The highest BCUT2D eigenvalue weighted by molar-refractivity contribution is 6.32. The first kappa shape index (κ1) is 17.9. The van der Waals surface area contributed by atoms with Gasteiger partial charge in [-0.3, -0.25) is 4.79 Å². The fourth-order valence-electron chi connectivity index (χ4n) is 2.12. The van der Waals surface area contributed by atoms with Gasteiger partial charge in [-0.25, -0.2) is 0 Å². The fourth-order valence-corrected chi connectivity index (χ4v) is 2.68. The van der Waals surface area contributed by atoms with Gasteiger partial charge in [0, 0.05) is 0 Å². The van der Waals surface area contributed by atoms with Gasteiger partial charge in [0.1, 0.15) is 5.60 Å². The van der Waals surface area contributed by atoms with Crippen molar-refractivity contribution >= 4 is 17.4 Å². The molecule has 18 heavy (non-hydrogen) atoms. The van der Waals surface area contributed by atoms with E-state index in [0.29, 0.717) is 25.2 Å². The number of alkyl halides is 1. The molecule has 0 aromatic rings. The molecule has 108 valence electrons. The summed E-state index contributed by atoms with van der Waals surface area (Å²) in [6.07, 6.45) is 5.44. The molecule has 0 bridgehead atoms. The van der Waals surface area contributed by atoms with Crippen LogP contribution >= 0.6 is 11.6 Å². The van der Waals surface area contributed by atoms with Gasteiger partial charge >= 0.3 is 0 Å². The highest BCUT2D eigenvalue weighted by Gasteiger charge is 2.38. The summed E-state index contributed by atoms with van der Waals surface area (Å²) in [6.45, 7) is 8.22. The Morgan fingerprint density at radius 1 is 1.17 bits per heavy atom. The second-order valence-corrected chi connectivity index (χ2v) is 6.23. The molecular formula is C15H29ClO2. The van der Waals surface area contributed by atoms with Crippen LogP contribution in [0.5, 0.6) is 0 Å². The van der Waals surface area contributed by atoms with E-state index in [1.54, 1.807) is 0 Å². The molecular weight excluding hydrogens is 248 g/mol. The van der Waals surface area contributed by atoms with Crippen molar-refractivity contribution in [3.63, 3.8) is 0 Å². The smallest absolute Gasteiger partial charge is 0.182 e. The normalized spacial score (nSPS) is 13.9. The average Bonchev–Trinajstić information content (AvgIpc) is 2.32. The van der Waals surface area contributed by atoms with Gasteiger partial charge in [-0.05, 0) is 25.2 Å². The molecule has 3 heteroatoms. The zero-order valence-corrected chi connectivity index (χ0v) is 13.1. The van der Waals surface area contributed by atoms with E-state index in [0.717, 1.165) is 25.7 Å². The van der Waals surface area contributed by atoms with Crippen LogP contribution in [0.2, 0.25) is 0 Å². The molecule has 0 aliphatic heterocycles. The lowest BCUT2D eigenvalue weighted by Gasteiger charge is -2.29. The van der Waals surface area contributed by atoms with E-state index in [4.69, 9.17) is 11.6 Å². The Morgan fingerprint density at radius 3 is 1.94 bits per heavy atom. The Kier molecular flexibility index (Phi) is 8.89. The van der Waals surface area contributed by atoms with Crippen molar-refractivity contribution in [2.24, 2.45) is 5.92 Å². The van der Waals surface area contributed by atoms with Crippen molar-refractivity contribution in [1.29, 1.82) is 0 Å². The van der Waals surface area contributed by atoms with Crippen LogP contribution < -0.4 is 0 Å². The van der Waals surface area contributed by atoms with Crippen LogP contribution in [-0.2, 0) is 4.79 Å². The van der Waals surface area contributed by atoms with Gasteiger partial charge in [-0.1, -0.05) is 53.4 Å². The number of ketones is 1. The summed E-state index contributed by atoms with van der Waals surface area (Å²) in [5.41, 5.74) is -1.20. The van der Waals surface area contributed by atoms with E-state index in [1.807, 2.05) is 13.8 Å². The monoisotopic (exact) mass is 276 g/mol. The molecule has 0 aliphatic carbocycles. The third-order valence-electron chi connectivity index (χ3n) is 3.31. The van der Waals surface area contributed by atoms with Gasteiger partial charge in [0.2, 0.25) is 0 Å². The highest BCUT2D eigenvalue weighted by Crippen LogP contribution is 2.27. The number of Topliss-reactive ketones (excluding diaryl/α,β-unsaturated/α-hetero) is 1. The van der Waals surface area contributed by atoms with Gasteiger partial charge in [0.25, 0.3) is 0 Å². The molecule has 1 atom stereocenters. The summed E-state index contributed by atoms with van der Waals surface area (Å²) < 4.78 is 0. The minimum atomic E-state index is -1.20. The molecule has 0 aliphatic rings. The maximum Gasteiger partial charge on any atom is 0.182 e. The second-order valence-electron chi connectivity index (χ2n) is 5.70. The lowest BCUT2D eigenvalue weighted by Crippen LogP contribution is -2.43. The molecule has 0 heterocycles. The molecule has 0 saturated heterocycles. The second kappa shape index (κ2) is 8.92. The Labute approximate surface area is 117 Å². The molecule has 0 rings (SSSR count). The Morgan fingerprint density at radius 2 is 1.61 bits per heavy atom. The molecule has 0 radical (unpaired) electrons. The van der Waals surface area contributed by atoms with Gasteiger partial charge in [0.05, 0.1) is 5.38 Å². The number of hydrogen-bond acceptors (Lipinski definition) is 2. The van der Waals surface area contributed by atoms with Crippen LogP contribution in [0.15, 0.2) is 0 Å². The summed E-state index contributed by atoms with van der Waals surface area (Å²) in [6, 6.07) is 0. The number of unbranched alkanes of at least 4 members (excludes halogenated alkanes) is 2. The van der Waals surface area contributed by atoms with Crippen molar-refractivity contribution in [2.45, 2.75) is 83.6 Å². The Balaban J connectivity index is 4.65. The zero-order valence-electron chi connectivity index (χ0n) is 12.3. The van der Waals surface area contributed by atoms with Gasteiger partial charge < -0.3 is 5.11 Å². The molecule has 2 nitrogen and oxygen atoms in total. The van der Waals surface area contributed by atoms with Gasteiger partial charge in [0.15, 0.2) is 5.78 Å². The Hall–Kier alpha value is -0.0800. The predicted molar refractivity (Wildman–Crippen MR) is 78.1 cm³/mol. The minimum Gasteiger partial charge on any atom is -0.382 e. The SMILES string of the molecule is CCCCC(O)(CCCC)C(=O)C(Cl)CC(C)C. The molecule has 0 fully saturated rings. The largest absolute Gasteiger partial charge is 0.382 e. The van der Waals surface area contributed by atoms with E-state index in [-0.39, 0.29) is 5.78 Å². The molecule has 1 unspecified atom stereocenters. The summed E-state index contributed by atoms with van der Waals surface area (Å²) in [5, 5.41) is 10.0. The number of rotatable bonds is 10. The van der Waals surface area contributed by atoms with Crippen molar-refractivity contribution < 1.29 is 9.90 Å². The number of aliphatic hydroxyl groups is 1. The molecule has 0 spiro atoms. The molecule has 0 aromatic heterocycles. The van der Waals surface area contributed by atoms with E-state index in [2.05, 4.69) is 13.8 Å². The molecule has 0 saturated carbocycles. The van der Waals surface area contributed by atoms with Crippen molar-refractivity contribution in [3.8, 4) is 0 Å². The first-order valence-corrected chi connectivity index (χ1v) is 7.71. The van der Waals surface area contributed by atoms with Crippen LogP contribution in [0.25, 0.3) is 0 Å². The minimum absolute atomic E-state index is 0.167. The standard InChI is InChI=1S/C15H29ClO2/c1-5-7-9-15(18,10-8-6-2)14(17)13(16)11-12(3)4/h12-13,18H,5-11H2,1-4H3. The summed E-state index contributed by atoms with van der Waals surface area (Å²) in [4.78, 5) is 12.3. The fraction of sp³-hybridized carbons (Fsp3) is 0.933. The third kappa shape index (κ3) is 6.19. The third-order valence-corrected chi connectivity index (χ3v) is 3.69. The summed E-state index contributed by atoms with van der Waals surface area (Å²) in [7, 11) is 0.